The van der Waals surface area contributed by atoms with Gasteiger partial charge in [-0.25, -0.2) is 9.98 Å². The van der Waals surface area contributed by atoms with Crippen LogP contribution in [0.5, 0.6) is 0 Å². The van der Waals surface area contributed by atoms with Crippen LogP contribution < -0.4 is 0 Å². The molecule has 2 aliphatic rings. The molecule has 0 fully saturated rings. The second kappa shape index (κ2) is 5.32. The van der Waals surface area contributed by atoms with Crippen molar-refractivity contribution in [2.45, 2.75) is 53.6 Å². The Morgan fingerprint density at radius 3 is 1.57 bits per heavy atom. The van der Waals surface area contributed by atoms with Gasteiger partial charge >= 0.3 is 0 Å². The molecule has 0 amide bonds. The molecule has 0 saturated heterocycles. The second-order valence-electron chi connectivity index (χ2n) is 7.88. The number of aliphatic imine (C=N–C) groups is 2. The van der Waals surface area contributed by atoms with Crippen molar-refractivity contribution >= 4 is 11.8 Å². The van der Waals surface area contributed by atoms with Gasteiger partial charge in [0.1, 0.15) is 13.2 Å². The predicted molar refractivity (Wildman–Crippen MR) is 82.4 cm³/mol. The minimum absolute atomic E-state index is 0.0219. The number of rotatable bonds is 2. The lowest BCUT2D eigenvalue weighted by Crippen LogP contribution is -2.25. The minimum atomic E-state index is -0.621. The first kappa shape index (κ1) is 15.8. The van der Waals surface area contributed by atoms with Crippen molar-refractivity contribution in [2.24, 2.45) is 26.7 Å². The van der Waals surface area contributed by atoms with Crippen LogP contribution in [0.2, 0.25) is 0 Å². The van der Waals surface area contributed by atoms with Gasteiger partial charge in [-0.3, -0.25) is 0 Å². The topological polar surface area (TPSA) is 67.0 Å². The number of ether oxygens (including phenoxy) is 2. The van der Waals surface area contributed by atoms with E-state index in [-0.39, 0.29) is 22.9 Å². The summed E-state index contributed by atoms with van der Waals surface area (Å²) in [6.45, 7) is 13.8. The van der Waals surface area contributed by atoms with Gasteiger partial charge in [-0.2, -0.15) is 5.26 Å². The second-order valence-corrected chi connectivity index (χ2v) is 7.88. The first-order valence-corrected chi connectivity index (χ1v) is 7.43. The molecule has 0 aromatic rings. The first-order chi connectivity index (χ1) is 9.63. The van der Waals surface area contributed by atoms with Crippen molar-refractivity contribution in [3.8, 4) is 6.07 Å². The Morgan fingerprint density at radius 1 is 0.952 bits per heavy atom. The Kier molecular flexibility index (Phi) is 4.01. The Hall–Kier alpha value is -1.57. The van der Waals surface area contributed by atoms with Crippen molar-refractivity contribution in [2.75, 3.05) is 13.2 Å². The van der Waals surface area contributed by atoms with E-state index >= 15 is 0 Å². The van der Waals surface area contributed by atoms with E-state index in [4.69, 9.17) is 9.47 Å². The maximum atomic E-state index is 9.45. The molecule has 0 unspecified atom stereocenters. The molecule has 0 radical (unpaired) electrons. The monoisotopic (exact) mass is 291 g/mol. The number of hydrogen-bond acceptors (Lipinski definition) is 5. The minimum Gasteiger partial charge on any atom is -0.477 e. The molecule has 2 aliphatic heterocycles. The molecule has 0 N–H and O–H groups in total. The quantitative estimate of drug-likeness (QED) is 0.785. The lowest BCUT2D eigenvalue weighted by atomic mass is 9.88. The van der Waals surface area contributed by atoms with Crippen LogP contribution in [0, 0.1) is 28.1 Å². The lowest BCUT2D eigenvalue weighted by molar-refractivity contribution is 0.225. The molecular formula is C16H25N3O2. The van der Waals surface area contributed by atoms with E-state index in [1.54, 1.807) is 0 Å². The first-order valence-electron chi connectivity index (χ1n) is 7.43. The molecule has 5 heteroatoms. The van der Waals surface area contributed by atoms with Crippen LogP contribution in [0.3, 0.4) is 0 Å². The molecule has 2 atom stereocenters. The molecule has 0 aromatic carbocycles. The Morgan fingerprint density at radius 2 is 1.33 bits per heavy atom. The van der Waals surface area contributed by atoms with Crippen LogP contribution in [0.25, 0.3) is 0 Å². The molecule has 21 heavy (non-hydrogen) atoms. The van der Waals surface area contributed by atoms with Crippen LogP contribution in [0.15, 0.2) is 9.98 Å². The van der Waals surface area contributed by atoms with Gasteiger partial charge in [0.05, 0.1) is 18.2 Å². The molecule has 2 heterocycles. The number of nitriles is 1. The highest BCUT2D eigenvalue weighted by Crippen LogP contribution is 2.30. The third-order valence-corrected chi connectivity index (χ3v) is 3.97. The third kappa shape index (κ3) is 3.37. The smallest absolute Gasteiger partial charge is 0.211 e. The summed E-state index contributed by atoms with van der Waals surface area (Å²) in [5.41, 5.74) is 0.0437. The molecule has 0 saturated carbocycles. The highest BCUT2D eigenvalue weighted by molar-refractivity contribution is 6.04. The van der Waals surface area contributed by atoms with Crippen LogP contribution in [-0.2, 0) is 9.47 Å². The van der Waals surface area contributed by atoms with Crippen molar-refractivity contribution < 1.29 is 9.47 Å². The summed E-state index contributed by atoms with van der Waals surface area (Å²) in [4.78, 5) is 9.15. The fourth-order valence-corrected chi connectivity index (χ4v) is 2.20. The van der Waals surface area contributed by atoms with E-state index < -0.39 is 5.92 Å². The SMILES string of the molecule is CC(C)(C)[C@H]1COC(C(C#N)C2=N[C@@H](C(C)(C)C)CO2)=N1. The van der Waals surface area contributed by atoms with Gasteiger partial charge in [-0.05, 0) is 10.8 Å². The fourth-order valence-electron chi connectivity index (χ4n) is 2.20. The van der Waals surface area contributed by atoms with E-state index in [2.05, 4.69) is 57.6 Å². The summed E-state index contributed by atoms with van der Waals surface area (Å²) in [6.07, 6.45) is 0. The summed E-state index contributed by atoms with van der Waals surface area (Å²) < 4.78 is 11.3. The average molecular weight is 291 g/mol. The van der Waals surface area contributed by atoms with Gasteiger partial charge in [-0.1, -0.05) is 41.5 Å². The predicted octanol–water partition coefficient (Wildman–Crippen LogP) is 2.81. The van der Waals surface area contributed by atoms with E-state index in [9.17, 15) is 5.26 Å². The van der Waals surface area contributed by atoms with Crippen molar-refractivity contribution in [3.05, 3.63) is 0 Å². The maximum Gasteiger partial charge on any atom is 0.211 e. The van der Waals surface area contributed by atoms with Gasteiger partial charge in [0.15, 0.2) is 5.92 Å². The van der Waals surface area contributed by atoms with Crippen LogP contribution in [0.1, 0.15) is 41.5 Å². The molecule has 116 valence electrons. The zero-order chi connectivity index (χ0) is 15.8. The fraction of sp³-hybridized carbons (Fsp3) is 0.812. The number of nitrogens with zero attached hydrogens (tertiary/aromatic N) is 3. The molecule has 0 aromatic heterocycles. The van der Waals surface area contributed by atoms with Gasteiger partial charge < -0.3 is 9.47 Å². The summed E-state index contributed by atoms with van der Waals surface area (Å²) in [5, 5.41) is 9.45. The Balaban J connectivity index is 2.18. The maximum absolute atomic E-state index is 9.45. The molecule has 2 rings (SSSR count). The lowest BCUT2D eigenvalue weighted by Gasteiger charge is -2.21. The Labute approximate surface area is 127 Å². The highest BCUT2D eigenvalue weighted by atomic mass is 16.5. The normalized spacial score (nSPS) is 26.0. The van der Waals surface area contributed by atoms with Gasteiger partial charge in [-0.15, -0.1) is 0 Å². The Bertz CT molecular complexity index is 463. The van der Waals surface area contributed by atoms with Crippen molar-refractivity contribution in [3.63, 3.8) is 0 Å². The largest absolute Gasteiger partial charge is 0.477 e. The van der Waals surface area contributed by atoms with Crippen LogP contribution in [0.4, 0.5) is 0 Å². The van der Waals surface area contributed by atoms with E-state index in [1.807, 2.05) is 0 Å². The molecular weight excluding hydrogens is 266 g/mol. The van der Waals surface area contributed by atoms with Crippen molar-refractivity contribution in [1.29, 1.82) is 5.26 Å². The molecule has 0 bridgehead atoms. The van der Waals surface area contributed by atoms with E-state index in [0.717, 1.165) is 0 Å². The van der Waals surface area contributed by atoms with E-state index in [0.29, 0.717) is 25.0 Å². The average Bonchev–Trinajstić information content (AvgIpc) is 2.96. The third-order valence-electron chi connectivity index (χ3n) is 3.97. The highest BCUT2D eigenvalue weighted by Gasteiger charge is 2.39. The standard InChI is InChI=1S/C16H25N3O2/c1-15(2,3)11-8-20-13(18-11)10(7-17)14-19-12(9-21-14)16(4,5)6/h10-12H,8-9H2,1-6H3/t11-,12-/m1/s1. The van der Waals surface area contributed by atoms with Crippen molar-refractivity contribution in [1.82, 2.24) is 0 Å². The summed E-state index contributed by atoms with van der Waals surface area (Å²) in [6, 6.07) is 2.36. The summed E-state index contributed by atoms with van der Waals surface area (Å²) in [7, 11) is 0. The zero-order valence-corrected chi connectivity index (χ0v) is 13.8. The summed E-state index contributed by atoms with van der Waals surface area (Å²) >= 11 is 0. The zero-order valence-electron chi connectivity index (χ0n) is 13.8. The van der Waals surface area contributed by atoms with Crippen LogP contribution >= 0.6 is 0 Å². The molecule has 0 aliphatic carbocycles. The van der Waals surface area contributed by atoms with Gasteiger partial charge in [0.2, 0.25) is 11.8 Å². The van der Waals surface area contributed by atoms with Gasteiger partial charge in [0, 0.05) is 0 Å². The molecule has 0 spiro atoms. The van der Waals surface area contributed by atoms with Gasteiger partial charge in [0.25, 0.3) is 0 Å². The number of hydrogen-bond donors (Lipinski definition) is 0. The summed E-state index contributed by atoms with van der Waals surface area (Å²) in [5.74, 6) is 0.279. The van der Waals surface area contributed by atoms with E-state index in [1.165, 1.54) is 0 Å². The van der Waals surface area contributed by atoms with Crippen LogP contribution in [-0.4, -0.2) is 37.1 Å². The molecule has 5 nitrogen and oxygen atoms in total.